The van der Waals surface area contributed by atoms with Crippen molar-refractivity contribution < 1.29 is 0 Å². The van der Waals surface area contributed by atoms with Crippen LogP contribution < -0.4 is 0 Å². The van der Waals surface area contributed by atoms with Crippen molar-refractivity contribution in [1.82, 2.24) is 0 Å². The van der Waals surface area contributed by atoms with Gasteiger partial charge in [-0.05, 0) is 12.1 Å². The Morgan fingerprint density at radius 2 is 1.04 bits per heavy atom. The molecule has 4 heteroatoms. The normalized spacial score (nSPS) is 10.8. The minimum absolute atomic E-state index is 1.12. The lowest BCUT2D eigenvalue weighted by Gasteiger charge is -2.05. The highest BCUT2D eigenvalue weighted by molar-refractivity contribution is 7.28. The lowest BCUT2D eigenvalue weighted by Crippen LogP contribution is -1.85. The molecule has 0 amide bonds. The number of benzene rings is 3. The molecule has 0 unspecified atom stereocenters. The van der Waals surface area contributed by atoms with Gasteiger partial charge in [-0.1, -0.05) is 48.2 Å². The summed E-state index contributed by atoms with van der Waals surface area (Å²) in [4.78, 5) is 6.11. The highest BCUT2D eigenvalue weighted by atomic mass is 32.1. The highest BCUT2D eigenvalue weighted by Crippen LogP contribution is 2.46. The van der Waals surface area contributed by atoms with Crippen LogP contribution in [0.2, 0.25) is 0 Å². The van der Waals surface area contributed by atoms with E-state index in [9.17, 15) is 0 Å². The molecule has 0 fully saturated rings. The van der Waals surface area contributed by atoms with Crippen molar-refractivity contribution >= 4 is 95.6 Å². The van der Waals surface area contributed by atoms with E-state index in [4.69, 9.17) is 0 Å². The molecule has 0 aliphatic heterocycles. The van der Waals surface area contributed by atoms with Crippen LogP contribution in [0.25, 0.3) is 40.3 Å². The predicted molar refractivity (Wildman–Crippen MR) is 117 cm³/mol. The lowest BCUT2D eigenvalue weighted by molar-refractivity contribution is 1.85. The van der Waals surface area contributed by atoms with Gasteiger partial charge in [0.1, 0.15) is 0 Å². The summed E-state index contributed by atoms with van der Waals surface area (Å²) in [6.45, 7) is 0. The van der Waals surface area contributed by atoms with E-state index in [0.29, 0.717) is 0 Å². The van der Waals surface area contributed by atoms with Crippen LogP contribution in [0.4, 0.5) is 0 Å². The Kier molecular flexibility index (Phi) is 4.09. The average molecular weight is 390 g/mol. The minimum Gasteiger partial charge on any atom is -0.230 e. The molecule has 2 heterocycles. The maximum absolute atomic E-state index is 3.38. The van der Waals surface area contributed by atoms with Gasteiger partial charge in [0.25, 0.3) is 32.6 Å². The van der Waals surface area contributed by atoms with E-state index in [2.05, 4.69) is 103 Å². The van der Waals surface area contributed by atoms with Crippen molar-refractivity contribution in [1.29, 1.82) is 0 Å². The molecule has 0 bridgehead atoms. The van der Waals surface area contributed by atoms with Crippen molar-refractivity contribution in [3.05, 3.63) is 59.7 Å². The van der Waals surface area contributed by atoms with Crippen LogP contribution in [-0.4, -0.2) is 32.6 Å². The van der Waals surface area contributed by atoms with E-state index in [1.165, 1.54) is 40.3 Å². The van der Waals surface area contributed by atoms with Crippen LogP contribution in [-0.2, 0) is 0 Å². The van der Waals surface area contributed by atoms with Gasteiger partial charge in [-0.3, -0.25) is 0 Å². The first-order valence-corrected chi connectivity index (χ1v) is 10.8. The quantitative estimate of drug-likeness (QED) is 0.246. The topological polar surface area (TPSA) is 0 Å². The zero-order chi connectivity index (χ0) is 17.7. The van der Waals surface area contributed by atoms with Gasteiger partial charge in [0, 0.05) is 42.1 Å². The Morgan fingerprint density at radius 3 is 1.46 bits per heavy atom. The number of rotatable bonds is 0. The van der Waals surface area contributed by atoms with E-state index >= 15 is 0 Å². The van der Waals surface area contributed by atoms with Crippen LogP contribution in [0.5, 0.6) is 0 Å². The van der Waals surface area contributed by atoms with Crippen molar-refractivity contribution in [2.75, 3.05) is 0 Å². The molecule has 114 valence electrons. The SMILES string of the molecule is [Al][C]#Cc1c2sc3ccccc3c2c(C#[C][Al])c2sc3ccccc3c12. The number of thiophene rings is 2. The second kappa shape index (κ2) is 6.47. The number of hydrogen-bond acceptors (Lipinski definition) is 2. The average Bonchev–Trinajstić information content (AvgIpc) is 3.23. The third-order valence-electron chi connectivity index (χ3n) is 4.54. The summed E-state index contributed by atoms with van der Waals surface area (Å²) < 4.78 is 5.03. The molecule has 0 nitrogen and oxygen atoms in total. The summed E-state index contributed by atoms with van der Waals surface area (Å²) in [5.41, 5.74) is 2.25. The molecule has 0 aliphatic rings. The monoisotopic (exact) mass is 390 g/mol. The van der Waals surface area contributed by atoms with Gasteiger partial charge in [0.05, 0.1) is 9.40 Å². The Hall–Kier alpha value is -1.72. The van der Waals surface area contributed by atoms with Gasteiger partial charge >= 0.3 is 0 Å². The van der Waals surface area contributed by atoms with Gasteiger partial charge in [-0.25, -0.2) is 9.56 Å². The second-order valence-electron chi connectivity index (χ2n) is 5.89. The zero-order valence-electron chi connectivity index (χ0n) is 13.6. The van der Waals surface area contributed by atoms with Gasteiger partial charge in [-0.2, -0.15) is 0 Å². The molecule has 3 aromatic carbocycles. The summed E-state index contributed by atoms with van der Waals surface area (Å²) in [6, 6.07) is 17.1. The molecule has 2 aromatic heterocycles. The summed E-state index contributed by atoms with van der Waals surface area (Å²) in [7, 11) is 0. The fourth-order valence-corrected chi connectivity index (χ4v) is 6.27. The standard InChI is InChI=1S/C22H8S2.2Al/c1-3-13-19-15-9-5-7-11-17(15)24-22(19)14(4-2)20-16-10-6-8-12-18(16)23-21(13)20;;/h5-12H;;. The van der Waals surface area contributed by atoms with Gasteiger partial charge < -0.3 is 0 Å². The first kappa shape index (κ1) is 16.5. The molecule has 0 saturated carbocycles. The van der Waals surface area contributed by atoms with Crippen LogP contribution in [0.3, 0.4) is 0 Å². The molecule has 0 atom stereocenters. The Bertz CT molecular complexity index is 1350. The number of hydrogen-bond donors (Lipinski definition) is 0. The van der Waals surface area contributed by atoms with Crippen LogP contribution in [0.15, 0.2) is 48.5 Å². The van der Waals surface area contributed by atoms with E-state index < -0.39 is 0 Å². The van der Waals surface area contributed by atoms with Crippen LogP contribution >= 0.6 is 22.7 Å². The Labute approximate surface area is 175 Å². The molecule has 26 heavy (non-hydrogen) atoms. The number of fused-ring (bicyclic) bond motifs is 6. The van der Waals surface area contributed by atoms with E-state index in [1.54, 1.807) is 0 Å². The van der Waals surface area contributed by atoms with Crippen molar-refractivity contribution in [3.8, 4) is 21.4 Å². The van der Waals surface area contributed by atoms with Crippen molar-refractivity contribution in [2.24, 2.45) is 0 Å². The van der Waals surface area contributed by atoms with Crippen LogP contribution in [0, 0.1) is 21.4 Å². The molecule has 0 aliphatic carbocycles. The summed E-state index contributed by atoms with van der Waals surface area (Å²) in [5, 5.41) is 5.01. The molecule has 0 saturated heterocycles. The first-order chi connectivity index (χ1) is 12.8. The molecule has 0 spiro atoms. The third kappa shape index (κ3) is 2.30. The van der Waals surface area contributed by atoms with Crippen LogP contribution in [0.1, 0.15) is 11.1 Å². The summed E-state index contributed by atoms with van der Waals surface area (Å²) in [6.07, 6.45) is 0. The van der Waals surface area contributed by atoms with E-state index in [1.807, 2.05) is 22.7 Å². The fourth-order valence-electron chi connectivity index (χ4n) is 3.55. The fraction of sp³-hybridized carbons (Fsp3) is 0. The van der Waals surface area contributed by atoms with Gasteiger partial charge in [-0.15, -0.1) is 22.7 Å². The highest BCUT2D eigenvalue weighted by Gasteiger charge is 2.20. The summed E-state index contributed by atoms with van der Waals surface area (Å²) >= 11 is 8.70. The van der Waals surface area contributed by atoms with Gasteiger partial charge in [0.15, 0.2) is 0 Å². The second-order valence-corrected chi connectivity index (χ2v) is 8.58. The molecule has 0 N–H and O–H groups in total. The van der Waals surface area contributed by atoms with E-state index in [0.717, 1.165) is 11.1 Å². The largest absolute Gasteiger partial charge is 0.264 e. The molecule has 4 radical (unpaired) electrons. The Balaban J connectivity index is 2.19. The third-order valence-corrected chi connectivity index (χ3v) is 7.20. The maximum Gasteiger partial charge on any atom is 0.264 e. The maximum atomic E-state index is 3.38. The molecular weight excluding hydrogens is 382 g/mol. The minimum atomic E-state index is 1.12. The zero-order valence-corrected chi connectivity index (χ0v) is 17.5. The van der Waals surface area contributed by atoms with Crippen molar-refractivity contribution in [2.45, 2.75) is 0 Å². The smallest absolute Gasteiger partial charge is 0.230 e. The molecule has 5 rings (SSSR count). The molecular formula is C22H8Al2S2. The lowest BCUT2D eigenvalue weighted by atomic mass is 9.98. The summed E-state index contributed by atoms with van der Waals surface area (Å²) in [5.74, 6) is 6.76. The van der Waals surface area contributed by atoms with Gasteiger partial charge in [0.2, 0.25) is 0 Å². The van der Waals surface area contributed by atoms with Crippen molar-refractivity contribution in [3.63, 3.8) is 0 Å². The van der Waals surface area contributed by atoms with E-state index in [-0.39, 0.29) is 0 Å². The molecule has 5 aromatic rings. The predicted octanol–water partition coefficient (Wildman–Crippen LogP) is 5.38. The Morgan fingerprint density at radius 1 is 0.615 bits per heavy atom. The first-order valence-electron chi connectivity index (χ1n) is 8.05.